The molecular formula is C24H31FIN5. The number of halogens is 2. The molecule has 0 saturated carbocycles. The Labute approximate surface area is 200 Å². The smallest absolute Gasteiger partial charge is 0.191 e. The highest BCUT2D eigenvalue weighted by atomic mass is 127. The van der Waals surface area contributed by atoms with Crippen LogP contribution in [0.15, 0.2) is 53.7 Å². The highest BCUT2D eigenvalue weighted by molar-refractivity contribution is 14.0. The lowest BCUT2D eigenvalue weighted by Gasteiger charge is -2.15. The molecule has 3 aromatic rings. The standard InChI is InChI=1S/C24H30FN5.HI/c1-26-24(27-11-10-20-16-28-23-14-21(25)8-9-22(20)23)29-15-18-4-6-19(7-5-18)17-30-12-2-3-13-30;/h4-9,14,16,28H,2-3,10-13,15,17H2,1H3,(H2,26,27,29);1H. The fourth-order valence-corrected chi connectivity index (χ4v) is 4.05. The minimum absolute atomic E-state index is 0. The molecule has 31 heavy (non-hydrogen) atoms. The molecule has 0 unspecified atom stereocenters. The lowest BCUT2D eigenvalue weighted by atomic mass is 10.1. The number of aliphatic imine (C=N–C) groups is 1. The minimum Gasteiger partial charge on any atom is -0.361 e. The maximum atomic E-state index is 13.3. The molecule has 1 aliphatic rings. The number of aromatic amines is 1. The first kappa shape index (κ1) is 23.5. The van der Waals surface area contributed by atoms with Crippen molar-refractivity contribution in [3.63, 3.8) is 0 Å². The molecule has 1 aromatic heterocycles. The molecular weight excluding hydrogens is 504 g/mol. The van der Waals surface area contributed by atoms with Gasteiger partial charge in [-0.05, 0) is 67.2 Å². The van der Waals surface area contributed by atoms with Crippen molar-refractivity contribution in [2.75, 3.05) is 26.7 Å². The molecule has 0 bridgehead atoms. The van der Waals surface area contributed by atoms with Gasteiger partial charge in [-0.1, -0.05) is 24.3 Å². The molecule has 7 heteroatoms. The largest absolute Gasteiger partial charge is 0.361 e. The van der Waals surface area contributed by atoms with Crippen molar-refractivity contribution in [3.05, 3.63) is 71.2 Å². The van der Waals surface area contributed by atoms with E-state index in [4.69, 9.17) is 0 Å². The molecule has 1 fully saturated rings. The Morgan fingerprint density at radius 2 is 1.81 bits per heavy atom. The van der Waals surface area contributed by atoms with E-state index in [0.29, 0.717) is 0 Å². The van der Waals surface area contributed by atoms with Crippen molar-refractivity contribution in [1.29, 1.82) is 0 Å². The van der Waals surface area contributed by atoms with Crippen LogP contribution in [-0.2, 0) is 19.5 Å². The van der Waals surface area contributed by atoms with Crippen LogP contribution in [0.4, 0.5) is 4.39 Å². The van der Waals surface area contributed by atoms with Crippen LogP contribution in [0.3, 0.4) is 0 Å². The fourth-order valence-electron chi connectivity index (χ4n) is 4.05. The van der Waals surface area contributed by atoms with Crippen LogP contribution in [0.1, 0.15) is 29.5 Å². The normalized spacial score (nSPS) is 14.6. The predicted octanol–water partition coefficient (Wildman–Crippen LogP) is 4.43. The van der Waals surface area contributed by atoms with Gasteiger partial charge in [-0.3, -0.25) is 9.89 Å². The van der Waals surface area contributed by atoms with E-state index in [1.807, 2.05) is 12.3 Å². The maximum absolute atomic E-state index is 13.3. The summed E-state index contributed by atoms with van der Waals surface area (Å²) >= 11 is 0. The van der Waals surface area contributed by atoms with Crippen LogP contribution in [0, 0.1) is 5.82 Å². The third-order valence-electron chi connectivity index (χ3n) is 5.73. The van der Waals surface area contributed by atoms with Crippen LogP contribution >= 0.6 is 24.0 Å². The number of benzene rings is 2. The number of guanidine groups is 1. The Bertz CT molecular complexity index is 993. The Morgan fingerprint density at radius 3 is 2.55 bits per heavy atom. The third-order valence-corrected chi connectivity index (χ3v) is 5.73. The number of fused-ring (bicyclic) bond motifs is 1. The van der Waals surface area contributed by atoms with Crippen molar-refractivity contribution in [3.8, 4) is 0 Å². The summed E-state index contributed by atoms with van der Waals surface area (Å²) in [5.74, 6) is 0.560. The number of hydrogen-bond acceptors (Lipinski definition) is 2. The average Bonchev–Trinajstić information content (AvgIpc) is 3.41. The number of rotatable bonds is 7. The van der Waals surface area contributed by atoms with Gasteiger partial charge in [0.05, 0.1) is 0 Å². The SMILES string of the molecule is CN=C(NCCc1c[nH]c2cc(F)ccc12)NCc1ccc(CN2CCCC2)cc1.I. The van der Waals surface area contributed by atoms with E-state index in [2.05, 4.69) is 49.8 Å². The second kappa shape index (κ2) is 11.5. The molecule has 1 aliphatic heterocycles. The summed E-state index contributed by atoms with van der Waals surface area (Å²) in [7, 11) is 1.78. The summed E-state index contributed by atoms with van der Waals surface area (Å²) in [4.78, 5) is 9.97. The van der Waals surface area contributed by atoms with Crippen molar-refractivity contribution in [2.45, 2.75) is 32.4 Å². The van der Waals surface area contributed by atoms with Crippen molar-refractivity contribution in [2.24, 2.45) is 4.99 Å². The monoisotopic (exact) mass is 535 g/mol. The van der Waals surface area contributed by atoms with Crippen molar-refractivity contribution < 1.29 is 4.39 Å². The lowest BCUT2D eigenvalue weighted by Crippen LogP contribution is -2.37. The first-order valence-corrected chi connectivity index (χ1v) is 10.7. The van der Waals surface area contributed by atoms with Gasteiger partial charge in [0.1, 0.15) is 5.82 Å². The Hall–Kier alpha value is -2.13. The molecule has 166 valence electrons. The minimum atomic E-state index is -0.220. The Morgan fingerprint density at radius 1 is 1.06 bits per heavy atom. The van der Waals surface area contributed by atoms with Crippen LogP contribution in [0.5, 0.6) is 0 Å². The molecule has 2 aromatic carbocycles. The van der Waals surface area contributed by atoms with E-state index in [0.717, 1.165) is 42.9 Å². The van der Waals surface area contributed by atoms with E-state index in [1.54, 1.807) is 7.05 Å². The van der Waals surface area contributed by atoms with Gasteiger partial charge in [0, 0.05) is 43.8 Å². The summed E-state index contributed by atoms with van der Waals surface area (Å²) in [6.45, 7) is 4.98. The Kier molecular flexibility index (Phi) is 8.71. The molecule has 3 N–H and O–H groups in total. The molecule has 0 aliphatic carbocycles. The molecule has 0 radical (unpaired) electrons. The Balaban J connectivity index is 0.00000272. The number of aromatic nitrogens is 1. The van der Waals surface area contributed by atoms with Crippen molar-refractivity contribution >= 4 is 40.8 Å². The summed E-state index contributed by atoms with van der Waals surface area (Å²) < 4.78 is 13.3. The topological polar surface area (TPSA) is 55.5 Å². The van der Waals surface area contributed by atoms with Gasteiger partial charge in [-0.2, -0.15) is 0 Å². The second-order valence-electron chi connectivity index (χ2n) is 7.91. The molecule has 0 atom stereocenters. The summed E-state index contributed by atoms with van der Waals surface area (Å²) in [6, 6.07) is 13.7. The van der Waals surface area contributed by atoms with E-state index >= 15 is 0 Å². The van der Waals surface area contributed by atoms with E-state index in [1.165, 1.54) is 54.8 Å². The number of nitrogens with one attached hydrogen (secondary N) is 3. The quantitative estimate of drug-likeness (QED) is 0.239. The van der Waals surface area contributed by atoms with E-state index < -0.39 is 0 Å². The molecule has 4 rings (SSSR count). The third kappa shape index (κ3) is 6.43. The predicted molar refractivity (Wildman–Crippen MR) is 137 cm³/mol. The first-order chi connectivity index (χ1) is 14.7. The molecule has 2 heterocycles. The van der Waals surface area contributed by atoms with Crippen LogP contribution in [0.2, 0.25) is 0 Å². The molecule has 1 saturated heterocycles. The van der Waals surface area contributed by atoms with Gasteiger partial charge in [0.25, 0.3) is 0 Å². The fraction of sp³-hybridized carbons (Fsp3) is 0.375. The summed E-state index contributed by atoms with van der Waals surface area (Å²) in [6.07, 6.45) is 5.43. The number of likely N-dealkylation sites (tertiary alicyclic amines) is 1. The van der Waals surface area contributed by atoms with Gasteiger partial charge in [0.2, 0.25) is 0 Å². The summed E-state index contributed by atoms with van der Waals surface area (Å²) in [5.41, 5.74) is 4.62. The molecule has 0 spiro atoms. The second-order valence-corrected chi connectivity index (χ2v) is 7.91. The van der Waals surface area contributed by atoms with Gasteiger partial charge in [-0.25, -0.2) is 4.39 Å². The highest BCUT2D eigenvalue weighted by Crippen LogP contribution is 2.19. The van der Waals surface area contributed by atoms with Crippen LogP contribution < -0.4 is 10.6 Å². The van der Waals surface area contributed by atoms with E-state index in [-0.39, 0.29) is 29.8 Å². The maximum Gasteiger partial charge on any atom is 0.191 e. The zero-order chi connectivity index (χ0) is 20.8. The van der Waals surface area contributed by atoms with Crippen LogP contribution in [0.25, 0.3) is 10.9 Å². The lowest BCUT2D eigenvalue weighted by molar-refractivity contribution is 0.331. The van der Waals surface area contributed by atoms with Crippen molar-refractivity contribution in [1.82, 2.24) is 20.5 Å². The molecule has 0 amide bonds. The zero-order valence-corrected chi connectivity index (χ0v) is 20.3. The number of hydrogen-bond donors (Lipinski definition) is 3. The van der Waals surface area contributed by atoms with Gasteiger partial charge < -0.3 is 15.6 Å². The van der Waals surface area contributed by atoms with Gasteiger partial charge in [0.15, 0.2) is 5.96 Å². The number of H-pyrrole nitrogens is 1. The average molecular weight is 535 g/mol. The van der Waals surface area contributed by atoms with E-state index in [9.17, 15) is 4.39 Å². The van der Waals surface area contributed by atoms with Crippen LogP contribution in [-0.4, -0.2) is 42.5 Å². The molecule has 5 nitrogen and oxygen atoms in total. The first-order valence-electron chi connectivity index (χ1n) is 10.7. The zero-order valence-electron chi connectivity index (χ0n) is 18.0. The highest BCUT2D eigenvalue weighted by Gasteiger charge is 2.11. The van der Waals surface area contributed by atoms with Gasteiger partial charge >= 0.3 is 0 Å². The summed E-state index contributed by atoms with van der Waals surface area (Å²) in [5, 5.41) is 7.80. The van der Waals surface area contributed by atoms with Gasteiger partial charge in [-0.15, -0.1) is 24.0 Å². The number of nitrogens with zero attached hydrogens (tertiary/aromatic N) is 2.